The van der Waals surface area contributed by atoms with Crippen LogP contribution in [0.1, 0.15) is 34.1 Å². The van der Waals surface area contributed by atoms with Crippen LogP contribution in [0.3, 0.4) is 0 Å². The summed E-state index contributed by atoms with van der Waals surface area (Å²) in [5, 5.41) is 36.5. The summed E-state index contributed by atoms with van der Waals surface area (Å²) in [5.41, 5.74) is 2.05. The maximum Gasteiger partial charge on any atom is 0.274 e. The quantitative estimate of drug-likeness (QED) is 0.190. The Labute approximate surface area is 133 Å². The van der Waals surface area contributed by atoms with E-state index in [9.17, 15) is 19.8 Å². The Kier molecular flexibility index (Phi) is 7.49. The molecule has 23 heavy (non-hydrogen) atoms. The molecular weight excluding hydrogens is 304 g/mol. The van der Waals surface area contributed by atoms with Gasteiger partial charge in [0.15, 0.2) is 5.78 Å². The number of aliphatic imine (C=N–C) groups is 1. The summed E-state index contributed by atoms with van der Waals surface area (Å²) < 4.78 is 0. The lowest BCUT2D eigenvalue weighted by Crippen LogP contribution is -2.35. The van der Waals surface area contributed by atoms with Gasteiger partial charge >= 0.3 is 0 Å². The maximum atomic E-state index is 11.9. The lowest BCUT2D eigenvalue weighted by molar-refractivity contribution is -0.0479. The van der Waals surface area contributed by atoms with Gasteiger partial charge in [-0.15, -0.1) is 0 Å². The minimum atomic E-state index is -1.28. The van der Waals surface area contributed by atoms with Gasteiger partial charge in [-0.25, -0.2) is 5.48 Å². The van der Waals surface area contributed by atoms with Crippen LogP contribution in [0.15, 0.2) is 29.3 Å². The van der Waals surface area contributed by atoms with Gasteiger partial charge in [0.1, 0.15) is 12.6 Å². The SMILES string of the molecule is C[C@@H](O)[C@@H](O)[C@@H](O)CC=NCC(=O)c1ccc(C(=O)NO)cc1. The van der Waals surface area contributed by atoms with Crippen molar-refractivity contribution in [2.45, 2.75) is 31.7 Å². The number of aliphatic hydroxyl groups is 3. The third kappa shape index (κ3) is 5.87. The molecule has 0 radical (unpaired) electrons. The van der Waals surface area contributed by atoms with Crippen molar-refractivity contribution >= 4 is 17.9 Å². The molecule has 1 amide bonds. The molecule has 0 saturated carbocycles. The molecule has 0 saturated heterocycles. The minimum absolute atomic E-state index is 0.00888. The van der Waals surface area contributed by atoms with E-state index in [4.69, 9.17) is 10.3 Å². The van der Waals surface area contributed by atoms with Crippen LogP contribution >= 0.6 is 0 Å². The van der Waals surface area contributed by atoms with Crippen molar-refractivity contribution < 1.29 is 30.1 Å². The van der Waals surface area contributed by atoms with E-state index in [-0.39, 0.29) is 24.3 Å². The summed E-state index contributed by atoms with van der Waals surface area (Å²) in [6.45, 7) is 1.21. The molecule has 0 bridgehead atoms. The van der Waals surface area contributed by atoms with Crippen LogP contribution in [0.4, 0.5) is 0 Å². The van der Waals surface area contributed by atoms with Crippen molar-refractivity contribution in [3.8, 4) is 0 Å². The Morgan fingerprint density at radius 2 is 1.74 bits per heavy atom. The van der Waals surface area contributed by atoms with Crippen LogP contribution in [0, 0.1) is 0 Å². The van der Waals surface area contributed by atoms with Gasteiger partial charge in [-0.2, -0.15) is 0 Å². The number of rotatable bonds is 8. The second kappa shape index (κ2) is 9.11. The topological polar surface area (TPSA) is 139 Å². The molecular formula is C15H20N2O6. The van der Waals surface area contributed by atoms with E-state index in [0.717, 1.165) is 0 Å². The minimum Gasteiger partial charge on any atom is -0.391 e. The van der Waals surface area contributed by atoms with Crippen LogP contribution < -0.4 is 5.48 Å². The van der Waals surface area contributed by atoms with E-state index in [0.29, 0.717) is 5.56 Å². The van der Waals surface area contributed by atoms with Crippen molar-refractivity contribution in [3.63, 3.8) is 0 Å². The van der Waals surface area contributed by atoms with Gasteiger partial charge in [0, 0.05) is 23.8 Å². The van der Waals surface area contributed by atoms with E-state index in [2.05, 4.69) is 4.99 Å². The lowest BCUT2D eigenvalue weighted by Gasteiger charge is -2.18. The first-order valence-corrected chi connectivity index (χ1v) is 6.97. The largest absolute Gasteiger partial charge is 0.391 e. The first-order valence-electron chi connectivity index (χ1n) is 6.97. The maximum absolute atomic E-state index is 11.9. The molecule has 3 atom stereocenters. The fourth-order valence-corrected chi connectivity index (χ4v) is 1.75. The van der Waals surface area contributed by atoms with E-state index in [1.54, 1.807) is 0 Å². The van der Waals surface area contributed by atoms with Gasteiger partial charge in [0.2, 0.25) is 0 Å². The lowest BCUT2D eigenvalue weighted by atomic mass is 10.1. The number of Topliss-reactive ketones (excluding diaryl/α,β-unsaturated/α-hetero) is 1. The highest BCUT2D eigenvalue weighted by Gasteiger charge is 2.19. The van der Waals surface area contributed by atoms with Gasteiger partial charge in [-0.05, 0) is 19.1 Å². The van der Waals surface area contributed by atoms with Gasteiger partial charge in [-0.1, -0.05) is 12.1 Å². The second-order valence-corrected chi connectivity index (χ2v) is 5.00. The highest BCUT2D eigenvalue weighted by molar-refractivity contribution is 6.00. The van der Waals surface area contributed by atoms with Crippen LogP contribution in [0.25, 0.3) is 0 Å². The molecule has 8 heteroatoms. The normalized spacial score (nSPS) is 15.2. The Morgan fingerprint density at radius 1 is 1.17 bits per heavy atom. The zero-order valence-corrected chi connectivity index (χ0v) is 12.6. The molecule has 0 aliphatic heterocycles. The number of hydrogen-bond acceptors (Lipinski definition) is 7. The van der Waals surface area contributed by atoms with Crippen molar-refractivity contribution in [1.29, 1.82) is 0 Å². The van der Waals surface area contributed by atoms with Crippen LogP contribution in [-0.2, 0) is 0 Å². The number of carbonyl (C=O) groups excluding carboxylic acids is 2. The Bertz CT molecular complexity index is 556. The fraction of sp³-hybridized carbons (Fsp3) is 0.400. The standard InChI is InChI=1S/C15H20N2O6/c1-9(18)14(21)12(19)6-7-16-8-13(20)10-2-4-11(5-3-10)15(22)17-23/h2-5,7,9,12,14,18-19,21,23H,6,8H2,1H3,(H,17,22)/t9-,12+,14-/m1/s1. The number of amides is 1. The molecule has 0 unspecified atom stereocenters. The number of aliphatic hydroxyl groups excluding tert-OH is 3. The zero-order valence-electron chi connectivity index (χ0n) is 12.6. The average molecular weight is 324 g/mol. The first kappa shape index (κ1) is 18.9. The van der Waals surface area contributed by atoms with Gasteiger partial charge in [0.05, 0.1) is 12.2 Å². The average Bonchev–Trinajstić information content (AvgIpc) is 2.56. The third-order valence-corrected chi connectivity index (χ3v) is 3.17. The second-order valence-electron chi connectivity index (χ2n) is 5.00. The molecule has 0 aromatic heterocycles. The summed E-state index contributed by atoms with van der Waals surface area (Å²) in [6.07, 6.45) is -2.18. The molecule has 0 spiro atoms. The summed E-state index contributed by atoms with van der Waals surface area (Å²) in [6, 6.07) is 5.67. The van der Waals surface area contributed by atoms with E-state index in [1.807, 2.05) is 0 Å². The van der Waals surface area contributed by atoms with Crippen molar-refractivity contribution in [2.75, 3.05) is 6.54 Å². The number of benzene rings is 1. The molecule has 1 aromatic rings. The highest BCUT2D eigenvalue weighted by atomic mass is 16.5. The van der Waals surface area contributed by atoms with Gasteiger partial charge < -0.3 is 15.3 Å². The van der Waals surface area contributed by atoms with Gasteiger partial charge in [-0.3, -0.25) is 19.8 Å². The molecule has 0 aliphatic rings. The molecule has 1 rings (SSSR count). The van der Waals surface area contributed by atoms with Crippen molar-refractivity contribution in [3.05, 3.63) is 35.4 Å². The summed E-state index contributed by atoms with van der Waals surface area (Å²) in [4.78, 5) is 26.9. The zero-order chi connectivity index (χ0) is 17.4. The number of nitrogens with one attached hydrogen (secondary N) is 1. The summed E-state index contributed by atoms with van der Waals surface area (Å²) in [5.74, 6) is -0.963. The number of hydrogen-bond donors (Lipinski definition) is 5. The van der Waals surface area contributed by atoms with Crippen molar-refractivity contribution in [1.82, 2.24) is 5.48 Å². The first-order chi connectivity index (χ1) is 10.9. The summed E-state index contributed by atoms with van der Waals surface area (Å²) >= 11 is 0. The summed E-state index contributed by atoms with van der Waals surface area (Å²) in [7, 11) is 0. The Balaban J connectivity index is 2.50. The number of nitrogens with zero attached hydrogens (tertiary/aromatic N) is 1. The number of carbonyl (C=O) groups is 2. The smallest absolute Gasteiger partial charge is 0.274 e. The van der Waals surface area contributed by atoms with E-state index in [1.165, 1.54) is 42.9 Å². The Morgan fingerprint density at radius 3 is 2.26 bits per heavy atom. The van der Waals surface area contributed by atoms with E-state index < -0.39 is 24.2 Å². The number of ketones is 1. The molecule has 126 valence electrons. The monoisotopic (exact) mass is 324 g/mol. The van der Waals surface area contributed by atoms with Crippen LogP contribution in [0.2, 0.25) is 0 Å². The molecule has 0 heterocycles. The Hall–Kier alpha value is -2.13. The molecule has 1 aromatic carbocycles. The molecule has 0 fully saturated rings. The predicted molar refractivity (Wildman–Crippen MR) is 81.7 cm³/mol. The third-order valence-electron chi connectivity index (χ3n) is 3.17. The molecule has 5 N–H and O–H groups in total. The van der Waals surface area contributed by atoms with Gasteiger partial charge in [0.25, 0.3) is 5.91 Å². The molecule has 0 aliphatic carbocycles. The van der Waals surface area contributed by atoms with Crippen LogP contribution in [-0.4, -0.2) is 63.3 Å². The highest BCUT2D eigenvalue weighted by Crippen LogP contribution is 2.06. The fourth-order valence-electron chi connectivity index (χ4n) is 1.75. The van der Waals surface area contributed by atoms with Crippen molar-refractivity contribution in [2.24, 2.45) is 4.99 Å². The van der Waals surface area contributed by atoms with E-state index >= 15 is 0 Å². The van der Waals surface area contributed by atoms with Crippen LogP contribution in [0.5, 0.6) is 0 Å². The number of hydroxylamine groups is 1. The molecule has 8 nitrogen and oxygen atoms in total. The predicted octanol–water partition coefficient (Wildman–Crippen LogP) is -0.448.